The maximum absolute atomic E-state index is 13.7. The molecule has 3 atom stereocenters. The third-order valence-electron chi connectivity index (χ3n) is 8.99. The van der Waals surface area contributed by atoms with Crippen LogP contribution in [0.3, 0.4) is 0 Å². The minimum Gasteiger partial charge on any atom is -0.348 e. The fourth-order valence-electron chi connectivity index (χ4n) is 6.57. The van der Waals surface area contributed by atoms with Crippen molar-refractivity contribution in [2.24, 2.45) is 22.7 Å². The highest BCUT2D eigenvalue weighted by Gasteiger charge is 2.46. The Bertz CT molecular complexity index is 1570. The summed E-state index contributed by atoms with van der Waals surface area (Å²) in [4.78, 5) is 24.1. The number of anilines is 1. The normalized spacial score (nSPS) is 29.2. The lowest BCUT2D eigenvalue weighted by atomic mass is 9.82. The third-order valence-corrected chi connectivity index (χ3v) is 8.99. The standard InChI is InChI=1S/C30H34F2N7O/c1-39(29(40)20-2-3-20)11-7-25(35-26-16-33-9-6-27(26)39)28-23-13-21(4-5-24(23)36-37-28)22-12-19(14-34-15-22)17-38-10-8-30(31,32)18-38/h5-7,9,13-16,20-22,35-36H,2-4,8,10-12,17-18H2,1H3/q+1. The summed E-state index contributed by atoms with van der Waals surface area (Å²) in [5.74, 6) is -1.81. The number of likely N-dealkylation sites (N-methyl/N-ethyl adjacent to an activating group) is 1. The number of likely N-dealkylation sites (tertiary alicyclic amines) is 1. The lowest BCUT2D eigenvalue weighted by Crippen LogP contribution is -2.51. The summed E-state index contributed by atoms with van der Waals surface area (Å²) in [6.45, 7) is 1.33. The fourth-order valence-corrected chi connectivity index (χ4v) is 6.57. The predicted molar refractivity (Wildman–Crippen MR) is 152 cm³/mol. The number of nitrogens with zero attached hydrogens (tertiary/aromatic N) is 5. The molecule has 2 N–H and O–H groups in total. The van der Waals surface area contributed by atoms with Crippen LogP contribution in [0.1, 0.15) is 37.8 Å². The molecule has 3 unspecified atom stereocenters. The van der Waals surface area contributed by atoms with Crippen LogP contribution in [0.15, 0.2) is 41.3 Å². The highest BCUT2D eigenvalue weighted by molar-refractivity contribution is 5.97. The van der Waals surface area contributed by atoms with E-state index in [1.165, 1.54) is 0 Å². The second-order valence-electron chi connectivity index (χ2n) is 12.1. The molecule has 0 spiro atoms. The number of fused-ring (bicyclic) bond motifs is 2. The first-order valence-corrected chi connectivity index (χ1v) is 14.2. The van der Waals surface area contributed by atoms with Gasteiger partial charge in [0.15, 0.2) is 5.69 Å². The van der Waals surface area contributed by atoms with Crippen molar-refractivity contribution in [1.82, 2.24) is 24.6 Å². The topological polar surface area (TPSA) is 86.3 Å². The lowest BCUT2D eigenvalue weighted by Gasteiger charge is -2.30. The van der Waals surface area contributed by atoms with Gasteiger partial charge in [0.2, 0.25) is 0 Å². The van der Waals surface area contributed by atoms with E-state index in [0.717, 1.165) is 64.6 Å². The van der Waals surface area contributed by atoms with Crippen molar-refractivity contribution in [1.29, 1.82) is 0 Å². The van der Waals surface area contributed by atoms with E-state index >= 15 is 0 Å². The molecule has 5 heterocycles. The maximum atomic E-state index is 13.7. The van der Waals surface area contributed by atoms with Crippen LogP contribution in [0.5, 0.6) is 0 Å². The van der Waals surface area contributed by atoms with E-state index in [9.17, 15) is 13.6 Å². The highest BCUT2D eigenvalue weighted by atomic mass is 19.3. The van der Waals surface area contributed by atoms with Crippen LogP contribution < -0.4 is 20.4 Å². The number of aromatic amines is 1. The van der Waals surface area contributed by atoms with Crippen LogP contribution in [-0.2, 0) is 4.79 Å². The smallest absolute Gasteiger partial charge is 0.321 e. The number of rotatable bonds is 5. The molecule has 1 amide bonds. The zero-order valence-electron chi connectivity index (χ0n) is 22.6. The zero-order chi connectivity index (χ0) is 27.5. The number of alkyl halides is 2. The van der Waals surface area contributed by atoms with Crippen molar-refractivity contribution < 1.29 is 13.6 Å². The van der Waals surface area contributed by atoms with Crippen molar-refractivity contribution in [3.8, 4) is 0 Å². The Kier molecular flexibility index (Phi) is 6.08. The molecule has 2 aliphatic carbocycles. The summed E-state index contributed by atoms with van der Waals surface area (Å²) in [7, 11) is 1.99. The Balaban J connectivity index is 1.15. The van der Waals surface area contributed by atoms with E-state index in [-0.39, 0.29) is 41.1 Å². The molecule has 2 aromatic rings. The second-order valence-corrected chi connectivity index (χ2v) is 12.1. The van der Waals surface area contributed by atoms with E-state index in [4.69, 9.17) is 5.10 Å². The minimum absolute atomic E-state index is 0.0679. The Morgan fingerprint density at radius 2 is 2.12 bits per heavy atom. The van der Waals surface area contributed by atoms with Gasteiger partial charge in [0.1, 0.15) is 17.9 Å². The quantitative estimate of drug-likeness (QED) is 0.564. The average molecular weight is 547 g/mol. The van der Waals surface area contributed by atoms with Gasteiger partial charge in [0.05, 0.1) is 36.8 Å². The second kappa shape index (κ2) is 9.55. The van der Waals surface area contributed by atoms with Gasteiger partial charge in [0, 0.05) is 55.3 Å². The highest BCUT2D eigenvalue weighted by Crippen LogP contribution is 2.40. The van der Waals surface area contributed by atoms with E-state index in [2.05, 4.69) is 38.6 Å². The summed E-state index contributed by atoms with van der Waals surface area (Å²) >= 11 is 0. The molecule has 40 heavy (non-hydrogen) atoms. The Labute approximate surface area is 231 Å². The molecule has 1 saturated carbocycles. The Hall–Kier alpha value is -3.50. The lowest BCUT2D eigenvalue weighted by molar-refractivity contribution is -0.130. The van der Waals surface area contributed by atoms with Gasteiger partial charge in [-0.05, 0) is 43.3 Å². The number of carbonyl (C=O) groups excluding carboxylic acids is 1. The summed E-state index contributed by atoms with van der Waals surface area (Å²) in [6.07, 6.45) is 17.4. The minimum atomic E-state index is -2.59. The number of amides is 1. The molecule has 208 valence electrons. The molecule has 3 aliphatic heterocycles. The van der Waals surface area contributed by atoms with E-state index in [1.54, 1.807) is 12.4 Å². The number of carbonyl (C=O) groups is 1. The van der Waals surface area contributed by atoms with Gasteiger partial charge >= 0.3 is 5.91 Å². The maximum Gasteiger partial charge on any atom is 0.321 e. The third kappa shape index (κ3) is 4.62. The molecule has 10 heteroatoms. The van der Waals surface area contributed by atoms with Crippen molar-refractivity contribution in [3.63, 3.8) is 0 Å². The van der Waals surface area contributed by atoms with Crippen LogP contribution in [0.2, 0.25) is 0 Å². The summed E-state index contributed by atoms with van der Waals surface area (Å²) in [5, 5.41) is 13.5. The average Bonchev–Trinajstić information content (AvgIpc) is 3.66. The largest absolute Gasteiger partial charge is 0.348 e. The molecular formula is C30H34F2N7O+. The van der Waals surface area contributed by atoms with E-state index in [1.807, 2.05) is 30.4 Å². The molecular weight excluding hydrogens is 512 g/mol. The number of aliphatic imine (C=N–C) groups is 1. The number of hydrogen-bond donors (Lipinski definition) is 2. The first kappa shape index (κ1) is 25.5. The molecule has 1 saturated heterocycles. The van der Waals surface area contributed by atoms with Gasteiger partial charge in [-0.1, -0.05) is 12.2 Å². The van der Waals surface area contributed by atoms with Crippen molar-refractivity contribution >= 4 is 41.3 Å². The van der Waals surface area contributed by atoms with Crippen LogP contribution in [0.25, 0.3) is 17.8 Å². The van der Waals surface area contributed by atoms with Gasteiger partial charge < -0.3 is 5.32 Å². The van der Waals surface area contributed by atoms with E-state index in [0.29, 0.717) is 19.6 Å². The Morgan fingerprint density at radius 1 is 1.25 bits per heavy atom. The number of hydrogen-bond acceptors (Lipinski definition) is 6. The van der Waals surface area contributed by atoms with E-state index < -0.39 is 5.92 Å². The monoisotopic (exact) mass is 546 g/mol. The number of H-pyrrole nitrogens is 1. The first-order valence-electron chi connectivity index (χ1n) is 14.2. The molecule has 0 radical (unpaired) electrons. The molecule has 2 aromatic heterocycles. The number of nitrogens with one attached hydrogen (secondary N) is 2. The summed E-state index contributed by atoms with van der Waals surface area (Å²) in [5.41, 5.74) is 4.52. The van der Waals surface area contributed by atoms with Crippen molar-refractivity contribution in [2.75, 3.05) is 38.5 Å². The van der Waals surface area contributed by atoms with Crippen molar-refractivity contribution in [3.05, 3.63) is 52.6 Å². The van der Waals surface area contributed by atoms with Gasteiger partial charge in [0.25, 0.3) is 5.92 Å². The van der Waals surface area contributed by atoms with Crippen LogP contribution >= 0.6 is 0 Å². The van der Waals surface area contributed by atoms with Gasteiger partial charge in [-0.2, -0.15) is 5.10 Å². The molecule has 5 aliphatic rings. The molecule has 0 aromatic carbocycles. The van der Waals surface area contributed by atoms with Gasteiger partial charge in [-0.15, -0.1) is 0 Å². The number of aromatic nitrogens is 3. The number of halogens is 2. The molecule has 2 fully saturated rings. The summed E-state index contributed by atoms with van der Waals surface area (Å²) in [6, 6.07) is 1.94. The summed E-state index contributed by atoms with van der Waals surface area (Å²) < 4.78 is 27.6. The fraction of sp³-hybridized carbons (Fsp3) is 0.467. The van der Waals surface area contributed by atoms with Crippen molar-refractivity contribution in [2.45, 2.75) is 38.0 Å². The molecule has 8 nitrogen and oxygen atoms in total. The number of pyridine rings is 1. The van der Waals surface area contributed by atoms with Gasteiger partial charge in [-0.25, -0.2) is 18.1 Å². The van der Waals surface area contributed by atoms with Gasteiger partial charge in [-0.3, -0.25) is 20.0 Å². The van der Waals surface area contributed by atoms with Crippen LogP contribution in [0, 0.1) is 17.8 Å². The first-order chi connectivity index (χ1) is 19.3. The number of quaternary nitrogens is 1. The molecule has 0 bridgehead atoms. The molecule has 7 rings (SSSR count). The van der Waals surface area contributed by atoms with Crippen LogP contribution in [0.4, 0.5) is 20.2 Å². The Morgan fingerprint density at radius 3 is 2.92 bits per heavy atom. The predicted octanol–water partition coefficient (Wildman–Crippen LogP) is 3.04. The zero-order valence-corrected chi connectivity index (χ0v) is 22.6. The van der Waals surface area contributed by atoms with Crippen LogP contribution in [-0.4, -0.2) is 71.4 Å². The SMILES string of the molecule is C[N+]1(C(=O)C2CC2)CC=C(c2n[nH]c3c2=CC(C2C=NC=C(CN4CCC(F)(F)C4)C2)CC=3)Nc2cnccc21.